The summed E-state index contributed by atoms with van der Waals surface area (Å²) in [4.78, 5) is 11.4. The molecule has 0 aromatic rings. The Morgan fingerprint density at radius 1 is 0.234 bits per heavy atom. The summed E-state index contributed by atoms with van der Waals surface area (Å²) in [6.07, 6.45) is 84.2. The summed E-state index contributed by atoms with van der Waals surface area (Å²) < 4.78 is 0. The molecule has 19 fully saturated rings. The minimum Gasteiger partial charge on any atom is -0.295 e. The van der Waals surface area contributed by atoms with Crippen LogP contribution in [0.15, 0.2) is 0 Å². The lowest BCUT2D eigenvalue weighted by atomic mass is 9.18. The van der Waals surface area contributed by atoms with E-state index in [-0.39, 0.29) is 0 Å². The maximum atomic E-state index is 3.96. The lowest BCUT2D eigenvalue weighted by Crippen LogP contribution is -2.77. The second kappa shape index (κ2) is 27.2. The second-order valence-corrected chi connectivity index (χ2v) is 42.1. The van der Waals surface area contributed by atoms with Crippen molar-refractivity contribution in [3.63, 3.8) is 0 Å². The van der Waals surface area contributed by atoms with Crippen LogP contribution in [0.4, 0.5) is 0 Å². The molecule has 4 heteroatoms. The van der Waals surface area contributed by atoms with E-state index >= 15 is 0 Å². The number of hydrogen-bond acceptors (Lipinski definition) is 3. The van der Waals surface area contributed by atoms with Gasteiger partial charge in [-0.1, -0.05) is 239 Å². The maximum Gasteiger partial charge on any atom is 0.156 e. The molecule has 3 heterocycles. The fourth-order valence-corrected chi connectivity index (χ4v) is 35.4. The average molecular weight is 1280 g/mol. The van der Waals surface area contributed by atoms with E-state index in [0.717, 1.165) is 203 Å². The van der Waals surface area contributed by atoms with Gasteiger partial charge >= 0.3 is 0 Å². The topological polar surface area (TPSA) is 9.72 Å². The molecule has 16 saturated carbocycles. The van der Waals surface area contributed by atoms with Gasteiger partial charge in [-0.25, -0.2) is 0 Å². The predicted octanol–water partition coefficient (Wildman–Crippen LogP) is 23.7. The summed E-state index contributed by atoms with van der Waals surface area (Å²) >= 11 is 0. The Labute approximate surface area is 580 Å². The zero-order chi connectivity index (χ0) is 62.3. The molecule has 94 heavy (non-hydrogen) atoms. The predicted molar refractivity (Wildman–Crippen MR) is 394 cm³/mol. The molecule has 19 aliphatic rings. The maximum absolute atomic E-state index is 3.96. The fourth-order valence-electron chi connectivity index (χ4n) is 35.4. The van der Waals surface area contributed by atoms with Crippen LogP contribution >= 0.6 is 0 Å². The molecular formula is C90H148BN3. The molecule has 27 unspecified atom stereocenters. The average Bonchev–Trinajstić information content (AvgIpc) is 0.774. The minimum atomic E-state index is 0.362. The van der Waals surface area contributed by atoms with Crippen molar-refractivity contribution < 1.29 is 0 Å². The number of fused-ring (bicyclic) bond motifs is 9. The first-order valence-electron chi connectivity index (χ1n) is 45.6. The van der Waals surface area contributed by atoms with E-state index in [4.69, 9.17) is 0 Å². The number of rotatable bonds is 8. The fraction of sp³-hybridized carbons (Fsp3) is 1.00. The Morgan fingerprint density at radius 2 is 0.649 bits per heavy atom. The van der Waals surface area contributed by atoms with Crippen LogP contribution in [0.5, 0.6) is 0 Å². The molecule has 27 atom stereocenters. The van der Waals surface area contributed by atoms with E-state index in [1.165, 1.54) is 38.5 Å². The molecule has 0 aromatic heterocycles. The highest BCUT2D eigenvalue weighted by molar-refractivity contribution is 6.65. The highest BCUT2D eigenvalue weighted by Crippen LogP contribution is 2.72. The molecule has 19 rings (SSSR count). The van der Waals surface area contributed by atoms with Crippen LogP contribution < -0.4 is 0 Å². The van der Waals surface area contributed by atoms with Crippen LogP contribution in [0.2, 0.25) is 17.5 Å². The van der Waals surface area contributed by atoms with Crippen molar-refractivity contribution in [2.45, 2.75) is 433 Å². The molecule has 526 valence electrons. The molecular weight excluding hydrogens is 1130 g/mol. The van der Waals surface area contributed by atoms with Gasteiger partial charge in [0.15, 0.2) is 6.71 Å². The van der Waals surface area contributed by atoms with Gasteiger partial charge in [0.1, 0.15) is 0 Å². The summed E-state index contributed by atoms with van der Waals surface area (Å²) in [5.74, 6) is 24.7. The Bertz CT molecular complexity index is 2440. The standard InChI is InChI=1S/C90H148BN3/c1-90(2,3)64-54-82-87-83(55-64)94(89-69(59-29-12-6-13-30-59)40-24-41-70(89)60-31-14-7-15-32-60)81-56-65(92-78-45-18-16-36-71(78)72-37-17-19-46-79(72)92)49-51-76(81)91(87)77-53-63(66-50-47-62-35-21-43-74-73-42-20-33-61-34-22-44-75(84(61)73)86(66)85(62)74)48-52-80(77)93(82)88-67(57-25-8-4-9-26-57)38-23-39-68(88)58-27-10-5-11-28-58/h57-89H,4-56H2,1-3H3. The van der Waals surface area contributed by atoms with Crippen molar-refractivity contribution in [1.29, 1.82) is 0 Å². The van der Waals surface area contributed by atoms with E-state index in [2.05, 4.69) is 35.5 Å². The first-order chi connectivity index (χ1) is 46.3. The van der Waals surface area contributed by atoms with Crippen molar-refractivity contribution >= 4 is 6.71 Å². The zero-order valence-electron chi connectivity index (χ0n) is 61.9. The van der Waals surface area contributed by atoms with Crippen LogP contribution in [0, 0.1) is 130 Å². The number of likely N-dealkylation sites (tertiary alicyclic amines) is 1. The van der Waals surface area contributed by atoms with Crippen molar-refractivity contribution in [3.8, 4) is 0 Å². The number of hydrogen-bond donors (Lipinski definition) is 0. The second-order valence-electron chi connectivity index (χ2n) is 42.1. The van der Waals surface area contributed by atoms with Gasteiger partial charge in [0.05, 0.1) is 0 Å². The normalized spacial score (nSPS) is 51.9. The van der Waals surface area contributed by atoms with Gasteiger partial charge in [-0.2, -0.15) is 0 Å². The lowest BCUT2D eigenvalue weighted by Gasteiger charge is -2.73. The van der Waals surface area contributed by atoms with Crippen LogP contribution in [-0.2, 0) is 0 Å². The third-order valence-corrected chi connectivity index (χ3v) is 38.2. The van der Waals surface area contributed by atoms with Crippen molar-refractivity contribution in [3.05, 3.63) is 0 Å². The monoisotopic (exact) mass is 1280 g/mol. The van der Waals surface area contributed by atoms with E-state index < -0.39 is 0 Å². The summed E-state index contributed by atoms with van der Waals surface area (Å²) in [6.45, 7) is 9.51. The molecule has 0 spiro atoms. The van der Waals surface area contributed by atoms with Crippen LogP contribution in [-0.4, -0.2) is 75.8 Å². The zero-order valence-corrected chi connectivity index (χ0v) is 61.9. The third-order valence-electron chi connectivity index (χ3n) is 38.2. The van der Waals surface area contributed by atoms with Crippen molar-refractivity contribution in [1.82, 2.24) is 14.7 Å². The van der Waals surface area contributed by atoms with Gasteiger partial charge < -0.3 is 0 Å². The molecule has 0 N–H and O–H groups in total. The summed E-state index contributed by atoms with van der Waals surface area (Å²) in [5.41, 5.74) is 0.362. The van der Waals surface area contributed by atoms with Gasteiger partial charge in [0, 0.05) is 54.4 Å². The summed E-state index contributed by atoms with van der Waals surface area (Å²) in [5, 5.41) is 0. The quantitative estimate of drug-likeness (QED) is 0.224. The Morgan fingerprint density at radius 3 is 1.17 bits per heavy atom. The molecule has 0 aromatic carbocycles. The van der Waals surface area contributed by atoms with Gasteiger partial charge in [-0.05, 0) is 269 Å². The Kier molecular flexibility index (Phi) is 18.7. The van der Waals surface area contributed by atoms with Gasteiger partial charge in [-0.15, -0.1) is 0 Å². The minimum absolute atomic E-state index is 0.362. The summed E-state index contributed by atoms with van der Waals surface area (Å²) in [6, 6.07) is 7.86. The molecule has 3 nitrogen and oxygen atoms in total. The first-order valence-corrected chi connectivity index (χ1v) is 45.6. The van der Waals surface area contributed by atoms with E-state index in [1.54, 1.807) is 302 Å². The van der Waals surface area contributed by atoms with Gasteiger partial charge in [0.2, 0.25) is 0 Å². The molecule has 3 saturated heterocycles. The first kappa shape index (κ1) is 64.8. The third kappa shape index (κ3) is 11.2. The molecule has 16 aliphatic carbocycles. The van der Waals surface area contributed by atoms with E-state index in [0.29, 0.717) is 5.41 Å². The Balaban J connectivity index is 0.782. The largest absolute Gasteiger partial charge is 0.295 e. The summed E-state index contributed by atoms with van der Waals surface area (Å²) in [7, 11) is 0. The smallest absolute Gasteiger partial charge is 0.156 e. The molecule has 0 radical (unpaired) electrons. The molecule has 3 aliphatic heterocycles. The van der Waals surface area contributed by atoms with Crippen molar-refractivity contribution in [2.75, 3.05) is 0 Å². The Hall–Kier alpha value is -0.0551. The van der Waals surface area contributed by atoms with Gasteiger partial charge in [-0.3, -0.25) is 14.7 Å². The van der Waals surface area contributed by atoms with Crippen LogP contribution in [0.1, 0.15) is 361 Å². The molecule has 0 bridgehead atoms. The molecule has 0 amide bonds. The van der Waals surface area contributed by atoms with Crippen LogP contribution in [0.25, 0.3) is 0 Å². The highest BCUT2D eigenvalue weighted by Gasteiger charge is 2.70. The van der Waals surface area contributed by atoms with E-state index in [1.807, 2.05) is 0 Å². The van der Waals surface area contributed by atoms with Gasteiger partial charge in [0.25, 0.3) is 0 Å². The lowest BCUT2D eigenvalue weighted by molar-refractivity contribution is -0.168. The SMILES string of the molecule is CC(C)(C)C1CC2C3B(C4CC(C5CCC6CCCC7C8CCCC9CCCC(C98)C5C67)CCC4N2C2C(C4CCCCC4)CCCC2C2CCCCC2)C2CCC(N4C5CCCCC5C5CCCCC54)CC2N(C2C(C4CCCCC4)CCCC2C2CCCCC2)C3C1. The highest BCUT2D eigenvalue weighted by atomic mass is 15.3. The van der Waals surface area contributed by atoms with Crippen molar-refractivity contribution in [2.24, 2.45) is 130 Å². The van der Waals surface area contributed by atoms with Crippen LogP contribution in [0.3, 0.4) is 0 Å². The number of nitrogens with zero attached hydrogens (tertiary/aromatic N) is 3. The van der Waals surface area contributed by atoms with E-state index in [9.17, 15) is 0 Å².